The van der Waals surface area contributed by atoms with E-state index in [1.54, 1.807) is 18.4 Å². The molecule has 0 aliphatic carbocycles. The average molecular weight is 346 g/mol. The molecule has 1 aromatic carbocycles. The molecule has 0 fully saturated rings. The van der Waals surface area contributed by atoms with Crippen LogP contribution in [-0.4, -0.2) is 25.6 Å². The van der Waals surface area contributed by atoms with E-state index in [1.807, 2.05) is 32.0 Å². The standard InChI is InChI=1S/C19H26N2O2S/c1-13-7-8-18(23-4)17(12-13)14(2)21-15(3)19(22)20-10-9-16-6-5-11-24-16/h5-8,11-12,14-15,21H,9-10H2,1-4H3,(H,20,22). The lowest BCUT2D eigenvalue weighted by atomic mass is 10.0. The van der Waals surface area contributed by atoms with Crippen molar-refractivity contribution in [2.75, 3.05) is 13.7 Å². The number of thiophene rings is 1. The van der Waals surface area contributed by atoms with E-state index in [9.17, 15) is 4.79 Å². The summed E-state index contributed by atoms with van der Waals surface area (Å²) in [5, 5.41) is 8.40. The van der Waals surface area contributed by atoms with Crippen LogP contribution in [0, 0.1) is 6.92 Å². The Balaban J connectivity index is 1.87. The molecule has 1 aromatic heterocycles. The second-order valence-corrected chi connectivity index (χ2v) is 7.01. The zero-order chi connectivity index (χ0) is 17.5. The van der Waals surface area contributed by atoms with Crippen LogP contribution in [0.5, 0.6) is 5.75 Å². The van der Waals surface area contributed by atoms with Crippen molar-refractivity contribution in [2.45, 2.75) is 39.3 Å². The first-order valence-electron chi connectivity index (χ1n) is 8.22. The van der Waals surface area contributed by atoms with Crippen molar-refractivity contribution in [1.29, 1.82) is 0 Å². The van der Waals surface area contributed by atoms with Crippen LogP contribution in [0.15, 0.2) is 35.7 Å². The molecule has 1 heterocycles. The highest BCUT2D eigenvalue weighted by atomic mass is 32.1. The Morgan fingerprint density at radius 2 is 2.08 bits per heavy atom. The third-order valence-electron chi connectivity index (χ3n) is 4.00. The molecule has 0 aliphatic rings. The van der Waals surface area contributed by atoms with Crippen LogP contribution in [-0.2, 0) is 11.2 Å². The molecule has 0 radical (unpaired) electrons. The Kier molecular flexibility index (Phi) is 6.82. The first-order valence-corrected chi connectivity index (χ1v) is 9.10. The zero-order valence-corrected chi connectivity index (χ0v) is 15.6. The van der Waals surface area contributed by atoms with Gasteiger partial charge in [0.25, 0.3) is 0 Å². The van der Waals surface area contributed by atoms with E-state index in [4.69, 9.17) is 4.74 Å². The van der Waals surface area contributed by atoms with E-state index in [2.05, 4.69) is 35.1 Å². The number of methoxy groups -OCH3 is 1. The number of carbonyl (C=O) groups is 1. The highest BCUT2D eigenvalue weighted by Crippen LogP contribution is 2.26. The third-order valence-corrected chi connectivity index (χ3v) is 4.93. The number of carbonyl (C=O) groups excluding carboxylic acids is 1. The molecule has 24 heavy (non-hydrogen) atoms. The van der Waals surface area contributed by atoms with E-state index >= 15 is 0 Å². The zero-order valence-electron chi connectivity index (χ0n) is 14.8. The average Bonchev–Trinajstić information content (AvgIpc) is 3.07. The number of hydrogen-bond acceptors (Lipinski definition) is 4. The summed E-state index contributed by atoms with van der Waals surface area (Å²) in [5.74, 6) is 0.857. The van der Waals surface area contributed by atoms with E-state index < -0.39 is 0 Å². The molecule has 0 saturated heterocycles. The van der Waals surface area contributed by atoms with Gasteiger partial charge in [-0.05, 0) is 44.7 Å². The third kappa shape index (κ3) is 5.08. The maximum absolute atomic E-state index is 12.3. The van der Waals surface area contributed by atoms with Gasteiger partial charge in [-0.2, -0.15) is 0 Å². The molecule has 0 saturated carbocycles. The minimum absolute atomic E-state index is 0.0185. The maximum Gasteiger partial charge on any atom is 0.236 e. The molecule has 0 aliphatic heterocycles. The van der Waals surface area contributed by atoms with Gasteiger partial charge in [-0.15, -0.1) is 11.3 Å². The Bertz CT molecular complexity index is 655. The molecular formula is C19H26N2O2S. The van der Waals surface area contributed by atoms with Crippen molar-refractivity contribution in [2.24, 2.45) is 0 Å². The first-order chi connectivity index (χ1) is 11.5. The second-order valence-electron chi connectivity index (χ2n) is 5.98. The summed E-state index contributed by atoms with van der Waals surface area (Å²) in [6.45, 7) is 6.65. The van der Waals surface area contributed by atoms with Crippen molar-refractivity contribution < 1.29 is 9.53 Å². The van der Waals surface area contributed by atoms with Gasteiger partial charge in [-0.3, -0.25) is 10.1 Å². The van der Waals surface area contributed by atoms with Crippen LogP contribution >= 0.6 is 11.3 Å². The van der Waals surface area contributed by atoms with Gasteiger partial charge in [0.15, 0.2) is 0 Å². The number of benzene rings is 1. The number of ether oxygens (including phenoxy) is 1. The molecular weight excluding hydrogens is 320 g/mol. The summed E-state index contributed by atoms with van der Waals surface area (Å²) in [4.78, 5) is 13.5. The fourth-order valence-electron chi connectivity index (χ4n) is 2.65. The molecule has 2 atom stereocenters. The lowest BCUT2D eigenvalue weighted by molar-refractivity contribution is -0.122. The largest absolute Gasteiger partial charge is 0.496 e. The predicted octanol–water partition coefficient (Wildman–Crippen LogP) is 3.46. The van der Waals surface area contributed by atoms with E-state index in [-0.39, 0.29) is 18.0 Å². The van der Waals surface area contributed by atoms with E-state index in [1.165, 1.54) is 10.4 Å². The minimum Gasteiger partial charge on any atom is -0.496 e. The predicted molar refractivity (Wildman–Crippen MR) is 99.8 cm³/mol. The number of hydrogen-bond donors (Lipinski definition) is 2. The van der Waals surface area contributed by atoms with Gasteiger partial charge in [0, 0.05) is 23.0 Å². The van der Waals surface area contributed by atoms with Crippen LogP contribution in [0.4, 0.5) is 0 Å². The Morgan fingerprint density at radius 3 is 2.75 bits per heavy atom. The van der Waals surface area contributed by atoms with Gasteiger partial charge in [-0.25, -0.2) is 0 Å². The number of nitrogens with one attached hydrogen (secondary N) is 2. The summed E-state index contributed by atoms with van der Waals surface area (Å²) in [6, 6.07) is 9.96. The first kappa shape index (κ1) is 18.5. The number of rotatable bonds is 8. The number of aryl methyl sites for hydroxylation is 1. The molecule has 130 valence electrons. The molecule has 2 N–H and O–H groups in total. The van der Waals surface area contributed by atoms with Gasteiger partial charge in [0.1, 0.15) is 5.75 Å². The summed E-state index contributed by atoms with van der Waals surface area (Å²) in [7, 11) is 1.67. The molecule has 0 spiro atoms. The maximum atomic E-state index is 12.3. The quantitative estimate of drug-likeness (QED) is 0.769. The van der Waals surface area contributed by atoms with Gasteiger partial charge in [0.05, 0.1) is 13.2 Å². The number of amides is 1. The van der Waals surface area contributed by atoms with Crippen molar-refractivity contribution in [3.63, 3.8) is 0 Å². The minimum atomic E-state index is -0.270. The smallest absolute Gasteiger partial charge is 0.236 e. The van der Waals surface area contributed by atoms with Gasteiger partial charge >= 0.3 is 0 Å². The lowest BCUT2D eigenvalue weighted by Gasteiger charge is -2.22. The van der Waals surface area contributed by atoms with Crippen LogP contribution in [0.3, 0.4) is 0 Å². The van der Waals surface area contributed by atoms with Crippen molar-refractivity contribution in [3.05, 3.63) is 51.7 Å². The Morgan fingerprint density at radius 1 is 1.29 bits per heavy atom. The molecule has 2 rings (SSSR count). The van der Waals surface area contributed by atoms with Crippen LogP contribution in [0.1, 0.15) is 35.9 Å². The monoisotopic (exact) mass is 346 g/mol. The van der Waals surface area contributed by atoms with Crippen molar-refractivity contribution >= 4 is 17.2 Å². The Hall–Kier alpha value is -1.85. The summed E-state index contributed by atoms with van der Waals surface area (Å²) >= 11 is 1.72. The summed E-state index contributed by atoms with van der Waals surface area (Å²) in [5.41, 5.74) is 2.24. The van der Waals surface area contributed by atoms with Crippen LogP contribution in [0.25, 0.3) is 0 Å². The highest BCUT2D eigenvalue weighted by molar-refractivity contribution is 7.09. The highest BCUT2D eigenvalue weighted by Gasteiger charge is 2.18. The van der Waals surface area contributed by atoms with Crippen molar-refractivity contribution in [1.82, 2.24) is 10.6 Å². The molecule has 2 unspecified atom stereocenters. The molecule has 0 bridgehead atoms. The topological polar surface area (TPSA) is 50.4 Å². The SMILES string of the molecule is COc1ccc(C)cc1C(C)NC(C)C(=O)NCCc1cccs1. The molecule has 4 nitrogen and oxygen atoms in total. The fraction of sp³-hybridized carbons (Fsp3) is 0.421. The Labute approximate surface area is 148 Å². The fourth-order valence-corrected chi connectivity index (χ4v) is 3.36. The van der Waals surface area contributed by atoms with Gasteiger partial charge < -0.3 is 10.1 Å². The van der Waals surface area contributed by atoms with Crippen molar-refractivity contribution in [3.8, 4) is 5.75 Å². The summed E-state index contributed by atoms with van der Waals surface area (Å²) < 4.78 is 5.43. The molecule has 2 aromatic rings. The lowest BCUT2D eigenvalue weighted by Crippen LogP contribution is -2.43. The molecule has 1 amide bonds. The molecule has 5 heteroatoms. The van der Waals surface area contributed by atoms with Gasteiger partial charge in [0.2, 0.25) is 5.91 Å². The van der Waals surface area contributed by atoms with Gasteiger partial charge in [-0.1, -0.05) is 23.8 Å². The summed E-state index contributed by atoms with van der Waals surface area (Å²) in [6.07, 6.45) is 0.872. The van der Waals surface area contributed by atoms with Crippen LogP contribution < -0.4 is 15.4 Å². The van der Waals surface area contributed by atoms with E-state index in [0.29, 0.717) is 6.54 Å². The van der Waals surface area contributed by atoms with E-state index in [0.717, 1.165) is 17.7 Å². The normalized spacial score (nSPS) is 13.3. The second kappa shape index (κ2) is 8.85. The van der Waals surface area contributed by atoms with Crippen LogP contribution in [0.2, 0.25) is 0 Å².